The van der Waals surface area contributed by atoms with Gasteiger partial charge in [0.25, 0.3) is 11.6 Å². The Morgan fingerprint density at radius 3 is 2.26 bits per heavy atom. The van der Waals surface area contributed by atoms with E-state index in [2.05, 4.69) is 0 Å². The highest BCUT2D eigenvalue weighted by molar-refractivity contribution is 6.31. The summed E-state index contributed by atoms with van der Waals surface area (Å²) in [6.45, 7) is 0. The molecule has 0 radical (unpaired) electrons. The second kappa shape index (κ2) is 8.74. The Morgan fingerprint density at radius 2 is 1.56 bits per heavy atom. The number of para-hydroxylation sites is 2. The van der Waals surface area contributed by atoms with Crippen LogP contribution in [-0.4, -0.2) is 28.9 Å². The van der Waals surface area contributed by atoms with E-state index in [1.807, 2.05) is 18.2 Å². The molecule has 34 heavy (non-hydrogen) atoms. The maximum Gasteiger partial charge on any atom is 0.276 e. The summed E-state index contributed by atoms with van der Waals surface area (Å²) in [5, 5.41) is 13.4. The van der Waals surface area contributed by atoms with Crippen molar-refractivity contribution in [3.8, 4) is 0 Å². The molecule has 0 aliphatic carbocycles. The lowest BCUT2D eigenvalue weighted by Crippen LogP contribution is -2.39. The van der Waals surface area contributed by atoms with Crippen molar-refractivity contribution in [1.82, 2.24) is 0 Å². The summed E-state index contributed by atoms with van der Waals surface area (Å²) in [5.74, 6) is -1.71. The number of halogens is 1. The van der Waals surface area contributed by atoms with Crippen molar-refractivity contribution in [3.63, 3.8) is 0 Å². The Kier molecular flexibility index (Phi) is 5.61. The molecule has 2 fully saturated rings. The summed E-state index contributed by atoms with van der Waals surface area (Å²) in [5.41, 5.74) is 1.39. The third kappa shape index (κ3) is 3.72. The van der Waals surface area contributed by atoms with E-state index in [0.29, 0.717) is 22.0 Å². The van der Waals surface area contributed by atoms with Crippen molar-refractivity contribution in [3.05, 3.63) is 106 Å². The minimum absolute atomic E-state index is 0.0582. The zero-order chi connectivity index (χ0) is 23.8. The van der Waals surface area contributed by atoms with Crippen molar-refractivity contribution in [2.45, 2.75) is 12.1 Å². The maximum absolute atomic E-state index is 13.5. The van der Waals surface area contributed by atoms with Gasteiger partial charge in [-0.15, -0.1) is 0 Å². The molecule has 0 bridgehead atoms. The van der Waals surface area contributed by atoms with E-state index in [0.717, 1.165) is 4.90 Å². The van der Waals surface area contributed by atoms with Gasteiger partial charge in [-0.3, -0.25) is 24.5 Å². The van der Waals surface area contributed by atoms with E-state index in [-0.39, 0.29) is 5.69 Å². The molecule has 0 saturated carbocycles. The third-order valence-electron chi connectivity index (χ3n) is 5.86. The number of nitro benzene ring substituents is 1. The van der Waals surface area contributed by atoms with Gasteiger partial charge >= 0.3 is 0 Å². The zero-order valence-corrected chi connectivity index (χ0v) is 18.4. The van der Waals surface area contributed by atoms with Crippen LogP contribution in [0.5, 0.6) is 0 Å². The Balaban J connectivity index is 1.54. The first-order valence-corrected chi connectivity index (χ1v) is 10.9. The number of hydrogen-bond acceptors (Lipinski definition) is 6. The molecule has 3 aromatic rings. The summed E-state index contributed by atoms with van der Waals surface area (Å²) >= 11 is 5.95. The summed E-state index contributed by atoms with van der Waals surface area (Å²) in [7, 11) is 0. The highest BCUT2D eigenvalue weighted by atomic mass is 35.5. The van der Waals surface area contributed by atoms with Crippen molar-refractivity contribution in [2.75, 3.05) is 9.96 Å². The van der Waals surface area contributed by atoms with Gasteiger partial charge in [0.05, 0.1) is 27.9 Å². The van der Waals surface area contributed by atoms with E-state index in [4.69, 9.17) is 16.4 Å². The van der Waals surface area contributed by atoms with Crippen LogP contribution in [0.3, 0.4) is 0 Å². The number of imide groups is 1. The highest BCUT2D eigenvalue weighted by Crippen LogP contribution is 2.41. The molecule has 5 rings (SSSR count). The van der Waals surface area contributed by atoms with Gasteiger partial charge in [0, 0.05) is 11.1 Å². The highest BCUT2D eigenvalue weighted by Gasteiger charge is 2.59. The number of carbonyl (C=O) groups excluding carboxylic acids is 2. The number of nitro groups is 1. The summed E-state index contributed by atoms with van der Waals surface area (Å²) in [6, 6.07) is 21.2. The number of carbonyl (C=O) groups is 2. The van der Waals surface area contributed by atoms with Crippen molar-refractivity contribution in [1.29, 1.82) is 0 Å². The van der Waals surface area contributed by atoms with Gasteiger partial charge < -0.3 is 0 Å². The minimum Gasteiger partial charge on any atom is -0.273 e. The molecule has 2 aliphatic heterocycles. The van der Waals surface area contributed by atoms with Crippen LogP contribution >= 0.6 is 11.6 Å². The molecule has 0 aromatic heterocycles. The molecule has 3 aromatic carbocycles. The first-order valence-electron chi connectivity index (χ1n) is 10.5. The average molecular weight is 476 g/mol. The Hall–Kier alpha value is -4.01. The molecule has 8 nitrogen and oxygen atoms in total. The largest absolute Gasteiger partial charge is 0.276 e. The summed E-state index contributed by atoms with van der Waals surface area (Å²) in [6.07, 6.45) is 2.24. The van der Waals surface area contributed by atoms with E-state index < -0.39 is 34.8 Å². The number of nitrogens with zero attached hydrogens (tertiary/aromatic N) is 3. The Labute approximate surface area is 199 Å². The van der Waals surface area contributed by atoms with Gasteiger partial charge in [-0.05, 0) is 48.5 Å². The predicted molar refractivity (Wildman–Crippen MR) is 127 cm³/mol. The SMILES string of the molecule is O=C1[C@@H]2[C@@H](ON(c3ccccc3)[C@H]2/C=C/c2ccccc2[N+](=O)[O-])C(=O)N1c1ccc(Cl)cc1. The Morgan fingerprint density at radius 1 is 0.882 bits per heavy atom. The van der Waals surface area contributed by atoms with Crippen LogP contribution in [0.1, 0.15) is 5.56 Å². The van der Waals surface area contributed by atoms with Gasteiger partial charge in [-0.2, -0.15) is 0 Å². The van der Waals surface area contributed by atoms with E-state index in [9.17, 15) is 19.7 Å². The quantitative estimate of drug-likeness (QED) is 0.303. The van der Waals surface area contributed by atoms with E-state index in [1.54, 1.807) is 66.7 Å². The van der Waals surface area contributed by atoms with Crippen LogP contribution in [0, 0.1) is 16.0 Å². The first kappa shape index (κ1) is 21.8. The monoisotopic (exact) mass is 475 g/mol. The Bertz CT molecular complexity index is 1300. The topological polar surface area (TPSA) is 93.0 Å². The lowest BCUT2D eigenvalue weighted by molar-refractivity contribution is -0.385. The number of hydrogen-bond donors (Lipinski definition) is 0. The number of amides is 2. The lowest BCUT2D eigenvalue weighted by Gasteiger charge is -2.26. The van der Waals surface area contributed by atoms with Crippen LogP contribution in [-0.2, 0) is 14.4 Å². The molecular formula is C25H18ClN3O5. The standard InChI is InChI=1S/C25H18ClN3O5/c26-17-11-13-18(14-12-17)27-24(30)22-21(15-10-16-6-4-5-9-20(16)29(32)33)28(34-23(22)25(27)31)19-7-2-1-3-8-19/h1-15,21-23H/b15-10+/t21-,22-,23+/m0/s1. The molecule has 0 spiro atoms. The fourth-order valence-electron chi connectivity index (χ4n) is 4.29. The normalized spacial score (nSPS) is 22.0. The molecule has 0 unspecified atom stereocenters. The summed E-state index contributed by atoms with van der Waals surface area (Å²) < 4.78 is 0. The van der Waals surface area contributed by atoms with E-state index in [1.165, 1.54) is 11.1 Å². The van der Waals surface area contributed by atoms with E-state index >= 15 is 0 Å². The zero-order valence-electron chi connectivity index (χ0n) is 17.7. The fourth-order valence-corrected chi connectivity index (χ4v) is 4.42. The molecule has 3 atom stereocenters. The van der Waals surface area contributed by atoms with Gasteiger partial charge in [-0.1, -0.05) is 48.0 Å². The van der Waals surface area contributed by atoms with Crippen LogP contribution in [0.4, 0.5) is 17.1 Å². The first-order chi connectivity index (χ1) is 16.5. The second-order valence-corrected chi connectivity index (χ2v) is 8.30. The fraction of sp³-hybridized carbons (Fsp3) is 0.120. The smallest absolute Gasteiger partial charge is 0.273 e. The number of rotatable bonds is 5. The van der Waals surface area contributed by atoms with Gasteiger partial charge in [-0.25, -0.2) is 9.96 Å². The number of benzene rings is 3. The van der Waals surface area contributed by atoms with Gasteiger partial charge in [0.1, 0.15) is 5.92 Å². The molecule has 170 valence electrons. The molecular weight excluding hydrogens is 458 g/mol. The van der Waals surface area contributed by atoms with Crippen molar-refractivity contribution >= 4 is 46.6 Å². The van der Waals surface area contributed by atoms with Crippen LogP contribution in [0.15, 0.2) is 84.9 Å². The molecule has 2 heterocycles. The maximum atomic E-state index is 13.5. The average Bonchev–Trinajstić information content (AvgIpc) is 3.34. The molecule has 2 aliphatic rings. The second-order valence-electron chi connectivity index (χ2n) is 7.87. The number of hydroxylamine groups is 1. The molecule has 9 heteroatoms. The number of anilines is 2. The van der Waals surface area contributed by atoms with Crippen molar-refractivity contribution in [2.24, 2.45) is 5.92 Å². The third-order valence-corrected chi connectivity index (χ3v) is 6.12. The van der Waals surface area contributed by atoms with Crippen molar-refractivity contribution < 1.29 is 19.3 Å². The minimum atomic E-state index is -1.02. The summed E-state index contributed by atoms with van der Waals surface area (Å²) in [4.78, 5) is 44.8. The molecule has 0 N–H and O–H groups in total. The van der Waals surface area contributed by atoms with Crippen LogP contribution in [0.2, 0.25) is 5.02 Å². The lowest BCUT2D eigenvalue weighted by atomic mass is 9.95. The molecule has 2 amide bonds. The molecule has 2 saturated heterocycles. The number of fused-ring (bicyclic) bond motifs is 1. The van der Waals surface area contributed by atoms with Gasteiger partial charge in [0.15, 0.2) is 6.10 Å². The predicted octanol–water partition coefficient (Wildman–Crippen LogP) is 4.64. The van der Waals surface area contributed by atoms with Gasteiger partial charge in [0.2, 0.25) is 5.91 Å². The van der Waals surface area contributed by atoms with Crippen LogP contribution in [0.25, 0.3) is 6.08 Å². The van der Waals surface area contributed by atoms with Crippen LogP contribution < -0.4 is 9.96 Å².